The maximum absolute atomic E-state index is 13.6. The fourth-order valence-electron chi connectivity index (χ4n) is 4.31. The molecule has 1 aromatic heterocycles. The molecule has 0 saturated carbocycles. The number of rotatable bonds is 4. The van der Waals surface area contributed by atoms with Gasteiger partial charge in [0.25, 0.3) is 5.91 Å². The first-order valence-electron chi connectivity index (χ1n) is 10.7. The van der Waals surface area contributed by atoms with Crippen LogP contribution in [0.3, 0.4) is 0 Å². The second-order valence-electron chi connectivity index (χ2n) is 8.25. The van der Waals surface area contributed by atoms with E-state index in [2.05, 4.69) is 15.9 Å². The zero-order valence-electron chi connectivity index (χ0n) is 18.5. The van der Waals surface area contributed by atoms with E-state index in [1.165, 1.54) is 7.11 Å². The lowest BCUT2D eigenvalue weighted by Gasteiger charge is -2.25. The highest BCUT2D eigenvalue weighted by Gasteiger charge is 2.42. The number of methoxy groups -OCH3 is 1. The zero-order chi connectivity index (χ0) is 24.0. The third-order valence-electron chi connectivity index (χ3n) is 6.05. The SMILES string of the molecule is COC(=O)c1ccc([C@H]2c3c(oc4ccc(Br)cc4c3=O)C(=O)N2Cc2ccc(C)cc2)cc1. The van der Waals surface area contributed by atoms with Crippen LogP contribution in [0.25, 0.3) is 11.0 Å². The fraction of sp³-hybridized carbons (Fsp3) is 0.148. The molecule has 170 valence electrons. The predicted molar refractivity (Wildman–Crippen MR) is 131 cm³/mol. The molecule has 1 aliphatic heterocycles. The molecular formula is C27H20BrNO5. The minimum atomic E-state index is -0.657. The summed E-state index contributed by atoms with van der Waals surface area (Å²) >= 11 is 3.41. The van der Waals surface area contributed by atoms with E-state index in [9.17, 15) is 14.4 Å². The van der Waals surface area contributed by atoms with Gasteiger partial charge in [0.05, 0.1) is 29.7 Å². The molecule has 34 heavy (non-hydrogen) atoms. The van der Waals surface area contributed by atoms with Gasteiger partial charge in [0.1, 0.15) is 5.58 Å². The number of carbonyl (C=O) groups excluding carboxylic acids is 2. The van der Waals surface area contributed by atoms with E-state index < -0.39 is 12.0 Å². The number of benzene rings is 3. The average Bonchev–Trinajstić information content (AvgIpc) is 3.12. The van der Waals surface area contributed by atoms with Gasteiger partial charge in [-0.3, -0.25) is 9.59 Å². The van der Waals surface area contributed by atoms with Gasteiger partial charge >= 0.3 is 5.97 Å². The average molecular weight is 518 g/mol. The number of hydrogen-bond donors (Lipinski definition) is 0. The number of esters is 1. The van der Waals surface area contributed by atoms with Crippen LogP contribution in [0.4, 0.5) is 0 Å². The molecule has 0 bridgehead atoms. The Morgan fingerprint density at radius 2 is 1.74 bits per heavy atom. The summed E-state index contributed by atoms with van der Waals surface area (Å²) in [7, 11) is 1.32. The lowest BCUT2D eigenvalue weighted by molar-refractivity contribution is 0.0599. The largest absolute Gasteiger partial charge is 0.465 e. The van der Waals surface area contributed by atoms with Crippen molar-refractivity contribution in [3.8, 4) is 0 Å². The highest BCUT2D eigenvalue weighted by Crippen LogP contribution is 2.39. The molecule has 0 spiro atoms. The second-order valence-corrected chi connectivity index (χ2v) is 9.16. The molecule has 4 aromatic rings. The van der Waals surface area contributed by atoms with Crippen molar-refractivity contribution in [3.05, 3.63) is 115 Å². The lowest BCUT2D eigenvalue weighted by atomic mass is 9.97. The van der Waals surface area contributed by atoms with Crippen molar-refractivity contribution >= 4 is 38.8 Å². The van der Waals surface area contributed by atoms with Gasteiger partial charge in [0.15, 0.2) is 5.43 Å². The van der Waals surface area contributed by atoms with E-state index in [1.807, 2.05) is 31.2 Å². The molecular weight excluding hydrogens is 498 g/mol. The molecule has 1 aliphatic rings. The van der Waals surface area contributed by atoms with Crippen molar-refractivity contribution in [1.29, 1.82) is 0 Å². The van der Waals surface area contributed by atoms with Crippen LogP contribution in [0.5, 0.6) is 0 Å². The van der Waals surface area contributed by atoms with Crippen molar-refractivity contribution in [2.75, 3.05) is 7.11 Å². The highest BCUT2D eigenvalue weighted by molar-refractivity contribution is 9.10. The monoisotopic (exact) mass is 517 g/mol. The second kappa shape index (κ2) is 8.57. The topological polar surface area (TPSA) is 76.8 Å². The Balaban J connectivity index is 1.68. The molecule has 2 heterocycles. The Kier molecular flexibility index (Phi) is 5.57. The van der Waals surface area contributed by atoms with Crippen LogP contribution in [0.15, 0.2) is 80.4 Å². The van der Waals surface area contributed by atoms with Crippen molar-refractivity contribution < 1.29 is 18.7 Å². The Hall–Kier alpha value is -3.71. The quantitative estimate of drug-likeness (QED) is 0.339. The first-order chi connectivity index (χ1) is 16.4. The van der Waals surface area contributed by atoms with Gasteiger partial charge in [-0.05, 0) is 48.4 Å². The summed E-state index contributed by atoms with van der Waals surface area (Å²) < 4.78 is 11.5. The van der Waals surface area contributed by atoms with Gasteiger partial charge in [-0.25, -0.2) is 4.79 Å². The molecule has 0 N–H and O–H groups in total. The molecule has 3 aromatic carbocycles. The fourth-order valence-corrected chi connectivity index (χ4v) is 4.67. The van der Waals surface area contributed by atoms with E-state index in [1.54, 1.807) is 47.4 Å². The zero-order valence-corrected chi connectivity index (χ0v) is 20.1. The van der Waals surface area contributed by atoms with Gasteiger partial charge in [-0.15, -0.1) is 0 Å². The lowest BCUT2D eigenvalue weighted by Crippen LogP contribution is -2.29. The summed E-state index contributed by atoms with van der Waals surface area (Å²) in [6, 6.07) is 19.1. The van der Waals surface area contributed by atoms with E-state index in [0.29, 0.717) is 34.2 Å². The normalized spacial score (nSPS) is 15.0. The molecule has 0 saturated heterocycles. The molecule has 0 aliphatic carbocycles. The van der Waals surface area contributed by atoms with Crippen LogP contribution in [0.1, 0.15) is 49.2 Å². The van der Waals surface area contributed by atoms with Crippen molar-refractivity contribution in [2.24, 2.45) is 0 Å². The first-order valence-corrected chi connectivity index (χ1v) is 11.5. The van der Waals surface area contributed by atoms with E-state index in [0.717, 1.165) is 15.6 Å². The van der Waals surface area contributed by atoms with Crippen LogP contribution < -0.4 is 5.43 Å². The molecule has 6 nitrogen and oxygen atoms in total. The number of hydrogen-bond acceptors (Lipinski definition) is 5. The predicted octanol–water partition coefficient (Wildman–Crippen LogP) is 5.40. The molecule has 1 atom stereocenters. The summed E-state index contributed by atoms with van der Waals surface area (Å²) in [6.45, 7) is 2.30. The smallest absolute Gasteiger partial charge is 0.337 e. The number of aryl methyl sites for hydroxylation is 1. The Labute approximate surface area is 203 Å². The Bertz CT molecular complexity index is 1490. The third-order valence-corrected chi connectivity index (χ3v) is 6.54. The van der Waals surface area contributed by atoms with Crippen molar-refractivity contribution in [1.82, 2.24) is 4.90 Å². The number of nitrogens with zero attached hydrogens (tertiary/aromatic N) is 1. The minimum Gasteiger partial charge on any atom is -0.465 e. The molecule has 1 amide bonds. The molecule has 0 unspecified atom stereocenters. The van der Waals surface area contributed by atoms with Gasteiger partial charge in [-0.1, -0.05) is 57.9 Å². The summed E-state index contributed by atoms with van der Waals surface area (Å²) in [6.07, 6.45) is 0. The number of halogens is 1. The van der Waals surface area contributed by atoms with Crippen LogP contribution in [0.2, 0.25) is 0 Å². The Morgan fingerprint density at radius 3 is 2.41 bits per heavy atom. The first kappa shape index (κ1) is 22.1. The van der Waals surface area contributed by atoms with E-state index in [4.69, 9.17) is 9.15 Å². The maximum atomic E-state index is 13.6. The number of amides is 1. The summed E-state index contributed by atoms with van der Waals surface area (Å²) in [5, 5.41) is 0.397. The number of ether oxygens (including phenoxy) is 1. The summed E-state index contributed by atoms with van der Waals surface area (Å²) in [5.41, 5.74) is 3.54. The third kappa shape index (κ3) is 3.72. The van der Waals surface area contributed by atoms with E-state index >= 15 is 0 Å². The molecule has 7 heteroatoms. The van der Waals surface area contributed by atoms with Gasteiger partial charge in [-0.2, -0.15) is 0 Å². The van der Waals surface area contributed by atoms with Crippen molar-refractivity contribution in [3.63, 3.8) is 0 Å². The van der Waals surface area contributed by atoms with Gasteiger partial charge in [0, 0.05) is 11.0 Å². The Morgan fingerprint density at radius 1 is 1.03 bits per heavy atom. The minimum absolute atomic E-state index is 0.0500. The van der Waals surface area contributed by atoms with Crippen molar-refractivity contribution in [2.45, 2.75) is 19.5 Å². The van der Waals surface area contributed by atoms with Gasteiger partial charge < -0.3 is 14.1 Å². The molecule has 0 fully saturated rings. The van der Waals surface area contributed by atoms with Gasteiger partial charge in [0.2, 0.25) is 5.76 Å². The van der Waals surface area contributed by atoms with Crippen LogP contribution in [0, 0.1) is 6.92 Å². The maximum Gasteiger partial charge on any atom is 0.337 e. The molecule has 5 rings (SSSR count). The molecule has 0 radical (unpaired) electrons. The highest BCUT2D eigenvalue weighted by atomic mass is 79.9. The number of carbonyl (C=O) groups is 2. The van der Waals surface area contributed by atoms with Crippen LogP contribution >= 0.6 is 15.9 Å². The number of fused-ring (bicyclic) bond motifs is 2. The van der Waals surface area contributed by atoms with E-state index in [-0.39, 0.29) is 17.1 Å². The summed E-state index contributed by atoms with van der Waals surface area (Å²) in [5.74, 6) is -0.755. The van der Waals surface area contributed by atoms with Crippen LogP contribution in [-0.2, 0) is 11.3 Å². The standard InChI is InChI=1S/C27H20BrNO5/c1-15-3-5-16(6-4-15)14-29-23(17-7-9-18(10-8-17)27(32)33-2)22-24(30)20-13-19(28)11-12-21(20)34-25(22)26(29)31/h3-13,23H,14H2,1-2H3/t23-/m0/s1. The van der Waals surface area contributed by atoms with Crippen LogP contribution in [-0.4, -0.2) is 23.9 Å². The summed E-state index contributed by atoms with van der Waals surface area (Å²) in [4.78, 5) is 40.7.